The van der Waals surface area contributed by atoms with Crippen LogP contribution in [-0.2, 0) is 6.54 Å². The first-order valence-electron chi connectivity index (χ1n) is 3.67. The normalized spacial score (nSPS) is 9.45. The van der Waals surface area contributed by atoms with Crippen molar-refractivity contribution in [1.29, 1.82) is 5.41 Å². The Morgan fingerprint density at radius 3 is 2.64 bits per heavy atom. The zero-order valence-corrected chi connectivity index (χ0v) is 6.38. The van der Waals surface area contributed by atoms with Crippen LogP contribution in [0.4, 0.5) is 0 Å². The predicted octanol–water partition coefficient (Wildman–Crippen LogP) is 1.43. The van der Waals surface area contributed by atoms with Gasteiger partial charge in [0.25, 0.3) is 0 Å². The van der Waals surface area contributed by atoms with Gasteiger partial charge in [-0.25, -0.2) is 0 Å². The number of benzene rings is 1. The van der Waals surface area contributed by atoms with Crippen molar-refractivity contribution in [2.24, 2.45) is 0 Å². The molecule has 1 rings (SSSR count). The summed E-state index contributed by atoms with van der Waals surface area (Å²) in [4.78, 5) is 0. The summed E-state index contributed by atoms with van der Waals surface area (Å²) < 4.78 is 0. The van der Waals surface area contributed by atoms with E-state index < -0.39 is 0 Å². The van der Waals surface area contributed by atoms with Gasteiger partial charge < -0.3 is 10.7 Å². The van der Waals surface area contributed by atoms with Crippen LogP contribution in [0.1, 0.15) is 5.56 Å². The minimum Gasteiger partial charge on any atom is -0.312 e. The smallest absolute Gasteiger partial charge is 0.0305 e. The molecule has 0 atom stereocenters. The summed E-state index contributed by atoms with van der Waals surface area (Å²) in [5.41, 5.74) is 1.26. The van der Waals surface area contributed by atoms with Crippen LogP contribution in [0.3, 0.4) is 0 Å². The third-order valence-corrected chi connectivity index (χ3v) is 1.42. The molecule has 11 heavy (non-hydrogen) atoms. The molecular weight excluding hydrogens is 136 g/mol. The first-order chi connectivity index (χ1) is 5.43. The van der Waals surface area contributed by atoms with Crippen LogP contribution < -0.4 is 5.32 Å². The van der Waals surface area contributed by atoms with Crippen LogP contribution in [0.5, 0.6) is 0 Å². The highest BCUT2D eigenvalue weighted by molar-refractivity contribution is 5.55. The summed E-state index contributed by atoms with van der Waals surface area (Å²) in [5, 5.41) is 9.89. The van der Waals surface area contributed by atoms with Gasteiger partial charge in [-0.15, -0.1) is 0 Å². The highest BCUT2D eigenvalue weighted by Gasteiger charge is 1.86. The van der Waals surface area contributed by atoms with Crippen molar-refractivity contribution in [3.63, 3.8) is 0 Å². The molecule has 2 N–H and O–H groups in total. The second-order valence-electron chi connectivity index (χ2n) is 2.32. The average molecular weight is 148 g/mol. The fourth-order valence-electron chi connectivity index (χ4n) is 0.885. The quantitative estimate of drug-likeness (QED) is 0.491. The maximum Gasteiger partial charge on any atom is 0.0305 e. The molecule has 0 spiro atoms. The van der Waals surface area contributed by atoms with Crippen LogP contribution in [0, 0.1) is 5.41 Å². The SMILES string of the molecule is N=CCNCc1ccccc1. The van der Waals surface area contributed by atoms with Crippen molar-refractivity contribution >= 4 is 6.21 Å². The van der Waals surface area contributed by atoms with Crippen molar-refractivity contribution in [3.8, 4) is 0 Å². The van der Waals surface area contributed by atoms with E-state index in [1.807, 2.05) is 18.2 Å². The molecule has 0 fully saturated rings. The Bertz CT molecular complexity index is 206. The molecule has 0 aliphatic rings. The van der Waals surface area contributed by atoms with E-state index in [1.54, 1.807) is 0 Å². The van der Waals surface area contributed by atoms with Crippen LogP contribution in [0.15, 0.2) is 30.3 Å². The van der Waals surface area contributed by atoms with Crippen LogP contribution in [-0.4, -0.2) is 12.8 Å². The third kappa shape index (κ3) is 2.96. The van der Waals surface area contributed by atoms with Gasteiger partial charge in [0.05, 0.1) is 0 Å². The molecule has 0 aliphatic heterocycles. The largest absolute Gasteiger partial charge is 0.312 e. The van der Waals surface area contributed by atoms with Crippen molar-refractivity contribution in [3.05, 3.63) is 35.9 Å². The number of nitrogens with one attached hydrogen (secondary N) is 2. The van der Waals surface area contributed by atoms with Crippen LogP contribution in [0.2, 0.25) is 0 Å². The Kier molecular flexibility index (Phi) is 3.35. The zero-order chi connectivity index (χ0) is 7.94. The summed E-state index contributed by atoms with van der Waals surface area (Å²) >= 11 is 0. The number of rotatable bonds is 4. The maximum absolute atomic E-state index is 6.78. The molecular formula is C9H12N2. The van der Waals surface area contributed by atoms with Crippen LogP contribution >= 0.6 is 0 Å². The Labute approximate surface area is 66.8 Å². The molecule has 0 amide bonds. The predicted molar refractivity (Wildman–Crippen MR) is 46.9 cm³/mol. The molecule has 0 bridgehead atoms. The van der Waals surface area contributed by atoms with Gasteiger partial charge in [-0.2, -0.15) is 0 Å². The molecule has 0 saturated heterocycles. The van der Waals surface area contributed by atoms with Crippen molar-refractivity contribution in [1.82, 2.24) is 5.32 Å². The molecule has 0 heterocycles. The molecule has 0 radical (unpaired) electrons. The Morgan fingerprint density at radius 2 is 2.00 bits per heavy atom. The van der Waals surface area contributed by atoms with Gasteiger partial charge >= 0.3 is 0 Å². The second-order valence-corrected chi connectivity index (χ2v) is 2.32. The van der Waals surface area contributed by atoms with E-state index in [9.17, 15) is 0 Å². The molecule has 2 nitrogen and oxygen atoms in total. The van der Waals surface area contributed by atoms with Crippen LogP contribution in [0.25, 0.3) is 0 Å². The zero-order valence-electron chi connectivity index (χ0n) is 6.38. The fraction of sp³-hybridized carbons (Fsp3) is 0.222. The minimum absolute atomic E-state index is 0.648. The van der Waals surface area contributed by atoms with Crippen molar-refractivity contribution in [2.45, 2.75) is 6.54 Å². The summed E-state index contributed by atoms with van der Waals surface area (Å²) in [7, 11) is 0. The summed E-state index contributed by atoms with van der Waals surface area (Å²) in [6.07, 6.45) is 1.36. The Balaban J connectivity index is 2.33. The van der Waals surface area contributed by atoms with E-state index in [4.69, 9.17) is 5.41 Å². The molecule has 58 valence electrons. The van der Waals surface area contributed by atoms with Crippen molar-refractivity contribution in [2.75, 3.05) is 6.54 Å². The molecule has 1 aromatic rings. The first-order valence-corrected chi connectivity index (χ1v) is 3.67. The molecule has 1 aromatic carbocycles. The highest BCUT2D eigenvalue weighted by atomic mass is 14.8. The van der Waals surface area contributed by atoms with E-state index in [0.29, 0.717) is 6.54 Å². The summed E-state index contributed by atoms with van der Waals surface area (Å²) in [6.45, 7) is 1.49. The molecule has 0 saturated carbocycles. The second kappa shape index (κ2) is 4.63. The highest BCUT2D eigenvalue weighted by Crippen LogP contribution is 1.96. The maximum atomic E-state index is 6.78. The molecule has 0 aromatic heterocycles. The number of hydrogen-bond donors (Lipinski definition) is 2. The van der Waals surface area contributed by atoms with Gasteiger partial charge in [0.2, 0.25) is 0 Å². The lowest BCUT2D eigenvalue weighted by Gasteiger charge is -1.99. The molecule has 2 heteroatoms. The van der Waals surface area contributed by atoms with E-state index in [1.165, 1.54) is 11.8 Å². The average Bonchev–Trinajstić information content (AvgIpc) is 2.07. The van der Waals surface area contributed by atoms with Gasteiger partial charge in [0.15, 0.2) is 0 Å². The summed E-state index contributed by atoms with van der Waals surface area (Å²) in [6, 6.07) is 10.2. The first kappa shape index (κ1) is 7.95. The Morgan fingerprint density at radius 1 is 1.27 bits per heavy atom. The fourth-order valence-corrected chi connectivity index (χ4v) is 0.885. The molecule has 0 unspecified atom stereocenters. The summed E-state index contributed by atoms with van der Waals surface area (Å²) in [5.74, 6) is 0. The third-order valence-electron chi connectivity index (χ3n) is 1.42. The lowest BCUT2D eigenvalue weighted by molar-refractivity contribution is 0.780. The van der Waals surface area contributed by atoms with E-state index in [0.717, 1.165) is 6.54 Å². The lowest BCUT2D eigenvalue weighted by atomic mass is 10.2. The van der Waals surface area contributed by atoms with Crippen molar-refractivity contribution < 1.29 is 0 Å². The van der Waals surface area contributed by atoms with Gasteiger partial charge in [-0.05, 0) is 5.56 Å². The number of hydrogen-bond acceptors (Lipinski definition) is 2. The van der Waals surface area contributed by atoms with E-state index >= 15 is 0 Å². The van der Waals surface area contributed by atoms with Gasteiger partial charge in [-0.3, -0.25) is 0 Å². The topological polar surface area (TPSA) is 35.9 Å². The lowest BCUT2D eigenvalue weighted by Crippen LogP contribution is -2.14. The standard InChI is InChI=1S/C9H12N2/c10-6-7-11-8-9-4-2-1-3-5-9/h1-6,10-11H,7-8H2. The minimum atomic E-state index is 0.648. The monoisotopic (exact) mass is 148 g/mol. The molecule has 0 aliphatic carbocycles. The van der Waals surface area contributed by atoms with Gasteiger partial charge in [-0.1, -0.05) is 30.3 Å². The van der Waals surface area contributed by atoms with E-state index in [-0.39, 0.29) is 0 Å². The van der Waals surface area contributed by atoms with Gasteiger partial charge in [0, 0.05) is 19.3 Å². The van der Waals surface area contributed by atoms with Gasteiger partial charge in [0.1, 0.15) is 0 Å². The Hall–Kier alpha value is -1.15. The van der Waals surface area contributed by atoms with E-state index in [2.05, 4.69) is 17.4 Å².